The van der Waals surface area contributed by atoms with Crippen molar-refractivity contribution in [2.24, 2.45) is 0 Å². The average Bonchev–Trinajstić information content (AvgIpc) is 2.09. The molecule has 0 unspecified atom stereocenters. The van der Waals surface area contributed by atoms with E-state index in [1.165, 1.54) is 6.92 Å². The molecule has 1 heterocycles. The monoisotopic (exact) mass is 186 g/mol. The smallest absolute Gasteiger partial charge is 0.251 e. The number of pyridine rings is 1. The molecule has 2 nitrogen and oxygen atoms in total. The lowest BCUT2D eigenvalue weighted by molar-refractivity contribution is 0.140. The molecule has 68 valence electrons. The van der Waals surface area contributed by atoms with Crippen molar-refractivity contribution in [3.8, 4) is 6.07 Å². The summed E-state index contributed by atoms with van der Waals surface area (Å²) in [5.74, 6) is -1.10. The average molecular weight is 186 g/mol. The van der Waals surface area contributed by atoms with E-state index in [-0.39, 0.29) is 11.1 Å². The van der Waals surface area contributed by atoms with E-state index < -0.39 is 17.9 Å². The van der Waals surface area contributed by atoms with Crippen molar-refractivity contribution >= 4 is 0 Å². The van der Waals surface area contributed by atoms with Gasteiger partial charge in [-0.1, -0.05) is 0 Å². The molecule has 0 aliphatic heterocycles. The van der Waals surface area contributed by atoms with Crippen LogP contribution in [0.3, 0.4) is 0 Å². The van der Waals surface area contributed by atoms with Crippen LogP contribution in [0.4, 0.5) is 13.2 Å². The molecule has 0 saturated heterocycles. The van der Waals surface area contributed by atoms with Gasteiger partial charge in [-0.25, -0.2) is 13.2 Å². The van der Waals surface area contributed by atoms with Gasteiger partial charge in [-0.15, -0.1) is 0 Å². The minimum absolute atomic E-state index is 0.0260. The fraction of sp³-hybridized carbons (Fsp3) is 0.250. The molecule has 0 aromatic carbocycles. The summed E-state index contributed by atoms with van der Waals surface area (Å²) in [4.78, 5) is 3.16. The summed E-state index contributed by atoms with van der Waals surface area (Å²) in [7, 11) is 0. The van der Waals surface area contributed by atoms with Crippen LogP contribution in [0.2, 0.25) is 0 Å². The van der Waals surface area contributed by atoms with Crippen LogP contribution in [0.15, 0.2) is 6.20 Å². The molecule has 0 bridgehead atoms. The molecular formula is C8H5F3N2. The Balaban J connectivity index is 3.33. The van der Waals surface area contributed by atoms with Crippen LogP contribution in [-0.2, 0) is 0 Å². The molecule has 1 aromatic heterocycles. The van der Waals surface area contributed by atoms with Crippen LogP contribution < -0.4 is 0 Å². The molecule has 0 fully saturated rings. The Morgan fingerprint density at radius 3 is 2.62 bits per heavy atom. The second-order valence-corrected chi connectivity index (χ2v) is 2.41. The van der Waals surface area contributed by atoms with E-state index in [0.29, 0.717) is 0 Å². The van der Waals surface area contributed by atoms with Gasteiger partial charge in [0.2, 0.25) is 0 Å². The predicted molar refractivity (Wildman–Crippen MR) is 38.6 cm³/mol. The molecule has 0 spiro atoms. The van der Waals surface area contributed by atoms with Crippen molar-refractivity contribution in [3.63, 3.8) is 0 Å². The molecule has 0 aliphatic carbocycles. The zero-order valence-electron chi connectivity index (χ0n) is 6.68. The largest absolute Gasteiger partial charge is 0.283 e. The highest BCUT2D eigenvalue weighted by molar-refractivity contribution is 5.36. The Morgan fingerprint density at radius 1 is 1.54 bits per heavy atom. The maximum atomic E-state index is 13.0. The third-order valence-electron chi connectivity index (χ3n) is 1.62. The molecule has 0 atom stereocenters. The molecule has 1 rings (SSSR count). The molecule has 0 radical (unpaired) electrons. The molecule has 13 heavy (non-hydrogen) atoms. The first-order valence-corrected chi connectivity index (χ1v) is 3.41. The van der Waals surface area contributed by atoms with Gasteiger partial charge in [-0.05, 0) is 6.92 Å². The van der Waals surface area contributed by atoms with Crippen LogP contribution in [0.5, 0.6) is 0 Å². The van der Waals surface area contributed by atoms with Crippen molar-refractivity contribution in [2.45, 2.75) is 13.3 Å². The third-order valence-corrected chi connectivity index (χ3v) is 1.62. The highest BCUT2D eigenvalue weighted by Gasteiger charge is 2.18. The topological polar surface area (TPSA) is 36.7 Å². The first-order chi connectivity index (χ1) is 6.07. The zero-order chi connectivity index (χ0) is 10.0. The Labute approximate surface area is 72.6 Å². The predicted octanol–water partition coefficient (Wildman–Crippen LogP) is 2.34. The molecule has 1 aromatic rings. The number of rotatable bonds is 1. The van der Waals surface area contributed by atoms with E-state index in [0.717, 1.165) is 6.20 Å². The van der Waals surface area contributed by atoms with Crippen LogP contribution in [0, 0.1) is 24.1 Å². The molecule has 0 N–H and O–H groups in total. The summed E-state index contributed by atoms with van der Waals surface area (Å²) in [6.45, 7) is 1.27. The molecule has 5 heteroatoms. The normalized spacial score (nSPS) is 10.2. The van der Waals surface area contributed by atoms with Gasteiger partial charge in [0.05, 0.1) is 5.56 Å². The van der Waals surface area contributed by atoms with Gasteiger partial charge >= 0.3 is 0 Å². The first kappa shape index (κ1) is 9.52. The number of hydrogen-bond acceptors (Lipinski definition) is 2. The number of hydrogen-bond donors (Lipinski definition) is 0. The Hall–Kier alpha value is -1.57. The van der Waals surface area contributed by atoms with E-state index in [2.05, 4.69) is 4.98 Å². The van der Waals surface area contributed by atoms with Gasteiger partial charge in [0.25, 0.3) is 6.43 Å². The lowest BCUT2D eigenvalue weighted by Gasteiger charge is -2.03. The van der Waals surface area contributed by atoms with E-state index in [1.54, 1.807) is 6.07 Å². The number of aromatic nitrogens is 1. The Morgan fingerprint density at radius 2 is 2.15 bits per heavy atom. The summed E-state index contributed by atoms with van der Waals surface area (Å²) in [6.07, 6.45) is -2.01. The summed E-state index contributed by atoms with van der Waals surface area (Å²) in [5.41, 5.74) is -1.02. The van der Waals surface area contributed by atoms with E-state index in [9.17, 15) is 13.2 Å². The van der Waals surface area contributed by atoms with Crippen LogP contribution in [0.25, 0.3) is 0 Å². The zero-order valence-corrected chi connectivity index (χ0v) is 6.68. The van der Waals surface area contributed by atoms with Crippen LogP contribution >= 0.6 is 0 Å². The van der Waals surface area contributed by atoms with Gasteiger partial charge in [0, 0.05) is 11.8 Å². The quantitative estimate of drug-likeness (QED) is 0.674. The standard InChI is InChI=1S/C8H5F3N2/c1-4-5(2-12)3-13-7(6(4)9)8(10)11/h3,8H,1H3. The van der Waals surface area contributed by atoms with Gasteiger partial charge in [-0.2, -0.15) is 5.26 Å². The summed E-state index contributed by atoms with van der Waals surface area (Å²) < 4.78 is 37.1. The summed E-state index contributed by atoms with van der Waals surface area (Å²) in [6, 6.07) is 1.65. The first-order valence-electron chi connectivity index (χ1n) is 3.41. The van der Waals surface area contributed by atoms with Crippen molar-refractivity contribution in [2.75, 3.05) is 0 Å². The Kier molecular flexibility index (Phi) is 2.52. The van der Waals surface area contributed by atoms with E-state index in [1.807, 2.05) is 0 Å². The number of halogens is 3. The maximum absolute atomic E-state index is 13.0. The SMILES string of the molecule is Cc1c(C#N)cnc(C(F)F)c1F. The second kappa shape index (κ2) is 3.44. The molecule has 0 amide bonds. The van der Waals surface area contributed by atoms with Crippen molar-refractivity contribution < 1.29 is 13.2 Å². The number of nitriles is 1. The van der Waals surface area contributed by atoms with E-state index in [4.69, 9.17) is 5.26 Å². The van der Waals surface area contributed by atoms with Crippen molar-refractivity contribution in [1.82, 2.24) is 4.98 Å². The van der Waals surface area contributed by atoms with Crippen LogP contribution in [-0.4, -0.2) is 4.98 Å². The van der Waals surface area contributed by atoms with Gasteiger partial charge < -0.3 is 0 Å². The number of alkyl halides is 2. The lowest BCUT2D eigenvalue weighted by Crippen LogP contribution is -2.00. The highest BCUT2D eigenvalue weighted by atomic mass is 19.3. The highest BCUT2D eigenvalue weighted by Crippen LogP contribution is 2.22. The fourth-order valence-electron chi connectivity index (χ4n) is 0.863. The third kappa shape index (κ3) is 1.61. The molecular weight excluding hydrogens is 181 g/mol. The van der Waals surface area contributed by atoms with Gasteiger partial charge in [-0.3, -0.25) is 4.98 Å². The summed E-state index contributed by atoms with van der Waals surface area (Å²) in [5, 5.41) is 8.43. The Bertz CT molecular complexity index is 368. The fourth-order valence-corrected chi connectivity index (χ4v) is 0.863. The van der Waals surface area contributed by atoms with Gasteiger partial charge in [0.15, 0.2) is 5.82 Å². The molecule has 0 aliphatic rings. The van der Waals surface area contributed by atoms with Gasteiger partial charge in [0.1, 0.15) is 11.8 Å². The minimum Gasteiger partial charge on any atom is -0.251 e. The van der Waals surface area contributed by atoms with Crippen molar-refractivity contribution in [1.29, 1.82) is 5.26 Å². The number of nitrogens with zero attached hydrogens (tertiary/aromatic N) is 2. The maximum Gasteiger partial charge on any atom is 0.283 e. The molecule has 0 saturated carbocycles. The lowest BCUT2D eigenvalue weighted by atomic mass is 10.1. The van der Waals surface area contributed by atoms with Crippen molar-refractivity contribution in [3.05, 3.63) is 28.8 Å². The van der Waals surface area contributed by atoms with E-state index >= 15 is 0 Å². The summed E-state index contributed by atoms with van der Waals surface area (Å²) >= 11 is 0. The van der Waals surface area contributed by atoms with Crippen LogP contribution in [0.1, 0.15) is 23.2 Å². The minimum atomic E-state index is -2.95. The second-order valence-electron chi connectivity index (χ2n) is 2.41.